The van der Waals surface area contributed by atoms with Crippen LogP contribution in [-0.4, -0.2) is 9.78 Å². The molecule has 0 saturated heterocycles. The summed E-state index contributed by atoms with van der Waals surface area (Å²) in [6.45, 7) is 7.07. The lowest BCUT2D eigenvalue weighted by atomic mass is 10.1. The molecule has 1 aromatic heterocycles. The molecule has 1 heterocycles. The van der Waals surface area contributed by atoms with Crippen molar-refractivity contribution < 1.29 is 0 Å². The molecular weight excluding hydrogens is 176 g/mol. The van der Waals surface area contributed by atoms with Crippen LogP contribution in [0.5, 0.6) is 0 Å². The number of rotatable bonds is 5. The van der Waals surface area contributed by atoms with Crippen molar-refractivity contribution in [2.45, 2.75) is 53.0 Å². The van der Waals surface area contributed by atoms with Crippen molar-refractivity contribution in [3.05, 3.63) is 21.6 Å². The zero-order valence-corrected chi connectivity index (χ0v) is 9.39. The molecule has 0 fully saturated rings. The largest absolute Gasteiger partial charge is 0.299 e. The number of H-pyrrole nitrogens is 1. The van der Waals surface area contributed by atoms with Gasteiger partial charge >= 0.3 is 0 Å². The van der Waals surface area contributed by atoms with Crippen molar-refractivity contribution in [1.82, 2.24) is 9.78 Å². The fourth-order valence-electron chi connectivity index (χ4n) is 1.75. The Hall–Kier alpha value is -0.990. The van der Waals surface area contributed by atoms with Gasteiger partial charge in [-0.15, -0.1) is 0 Å². The summed E-state index contributed by atoms with van der Waals surface area (Å²) in [5.74, 6) is 0. The summed E-state index contributed by atoms with van der Waals surface area (Å²) in [7, 11) is 0. The molecule has 0 unspecified atom stereocenters. The van der Waals surface area contributed by atoms with Gasteiger partial charge in [0.2, 0.25) is 0 Å². The Balaban J connectivity index is 3.05. The van der Waals surface area contributed by atoms with Gasteiger partial charge in [0.25, 0.3) is 5.56 Å². The van der Waals surface area contributed by atoms with Gasteiger partial charge in [-0.3, -0.25) is 14.6 Å². The molecule has 80 valence electrons. The van der Waals surface area contributed by atoms with Gasteiger partial charge in [0.15, 0.2) is 0 Å². The van der Waals surface area contributed by atoms with Crippen LogP contribution < -0.4 is 5.56 Å². The number of hydrogen-bond donors (Lipinski definition) is 1. The minimum Gasteiger partial charge on any atom is -0.299 e. The van der Waals surface area contributed by atoms with Crippen LogP contribution in [0.3, 0.4) is 0 Å². The van der Waals surface area contributed by atoms with Crippen LogP contribution in [-0.2, 0) is 19.4 Å². The predicted molar refractivity (Wildman–Crippen MR) is 58.7 cm³/mol. The van der Waals surface area contributed by atoms with Gasteiger partial charge in [0.1, 0.15) is 0 Å². The summed E-state index contributed by atoms with van der Waals surface area (Å²) in [5.41, 5.74) is 2.29. The van der Waals surface area contributed by atoms with Crippen LogP contribution in [0.15, 0.2) is 4.79 Å². The summed E-state index contributed by atoms with van der Waals surface area (Å²) < 4.78 is 1.74. The van der Waals surface area contributed by atoms with E-state index in [1.54, 1.807) is 4.68 Å². The maximum Gasteiger partial charge on any atom is 0.269 e. The quantitative estimate of drug-likeness (QED) is 0.769. The molecule has 0 aromatic carbocycles. The lowest BCUT2D eigenvalue weighted by Crippen LogP contribution is -2.18. The van der Waals surface area contributed by atoms with Crippen molar-refractivity contribution in [3.63, 3.8) is 0 Å². The molecule has 1 rings (SSSR count). The van der Waals surface area contributed by atoms with Gasteiger partial charge in [0.05, 0.1) is 0 Å². The van der Waals surface area contributed by atoms with E-state index in [2.05, 4.69) is 25.9 Å². The molecule has 1 aromatic rings. The Morgan fingerprint density at radius 1 is 1.21 bits per heavy atom. The first-order chi connectivity index (χ1) is 6.74. The third-order valence-electron chi connectivity index (χ3n) is 2.44. The first kappa shape index (κ1) is 11.1. The predicted octanol–water partition coefficient (Wildman–Crippen LogP) is 2.10. The molecule has 0 atom stereocenters. The van der Waals surface area contributed by atoms with Gasteiger partial charge in [-0.05, 0) is 19.3 Å². The average Bonchev–Trinajstić information content (AvgIpc) is 2.47. The van der Waals surface area contributed by atoms with Crippen LogP contribution in [0.25, 0.3) is 0 Å². The van der Waals surface area contributed by atoms with Gasteiger partial charge in [0, 0.05) is 17.8 Å². The smallest absolute Gasteiger partial charge is 0.269 e. The van der Waals surface area contributed by atoms with Gasteiger partial charge in [-0.1, -0.05) is 27.2 Å². The zero-order valence-electron chi connectivity index (χ0n) is 9.39. The lowest BCUT2D eigenvalue weighted by Gasteiger charge is -1.96. The number of nitrogens with zero attached hydrogens (tertiary/aromatic N) is 1. The maximum atomic E-state index is 11.9. The van der Waals surface area contributed by atoms with Crippen molar-refractivity contribution in [2.75, 3.05) is 0 Å². The van der Waals surface area contributed by atoms with E-state index in [-0.39, 0.29) is 5.56 Å². The summed E-state index contributed by atoms with van der Waals surface area (Å²) in [6.07, 6.45) is 3.85. The lowest BCUT2D eigenvalue weighted by molar-refractivity contribution is 0.578. The van der Waals surface area contributed by atoms with E-state index in [9.17, 15) is 4.79 Å². The van der Waals surface area contributed by atoms with E-state index in [4.69, 9.17) is 0 Å². The van der Waals surface area contributed by atoms with Crippen LogP contribution in [0.2, 0.25) is 0 Å². The highest BCUT2D eigenvalue weighted by Crippen LogP contribution is 2.05. The van der Waals surface area contributed by atoms with E-state index < -0.39 is 0 Å². The number of aromatic nitrogens is 2. The fourth-order valence-corrected chi connectivity index (χ4v) is 1.75. The van der Waals surface area contributed by atoms with Crippen molar-refractivity contribution in [2.24, 2.45) is 0 Å². The Labute approximate surface area is 85.1 Å². The second-order valence-corrected chi connectivity index (χ2v) is 3.63. The molecule has 3 nitrogen and oxygen atoms in total. The topological polar surface area (TPSA) is 37.8 Å². The third-order valence-corrected chi connectivity index (χ3v) is 2.44. The highest BCUT2D eigenvalue weighted by Gasteiger charge is 2.10. The molecule has 0 aliphatic rings. The molecule has 3 heteroatoms. The minimum atomic E-state index is 0.186. The highest BCUT2D eigenvalue weighted by molar-refractivity contribution is 5.17. The highest BCUT2D eigenvalue weighted by atomic mass is 16.1. The van der Waals surface area contributed by atoms with Crippen molar-refractivity contribution in [1.29, 1.82) is 0 Å². The van der Waals surface area contributed by atoms with Crippen molar-refractivity contribution in [3.8, 4) is 0 Å². The van der Waals surface area contributed by atoms with Crippen LogP contribution in [0.1, 0.15) is 44.9 Å². The van der Waals surface area contributed by atoms with Gasteiger partial charge < -0.3 is 0 Å². The average molecular weight is 196 g/mol. The monoisotopic (exact) mass is 196 g/mol. The minimum absolute atomic E-state index is 0.186. The normalized spacial score (nSPS) is 10.8. The number of aryl methyl sites for hydroxylation is 2. The summed E-state index contributed by atoms with van der Waals surface area (Å²) in [6, 6.07) is 0. The summed E-state index contributed by atoms with van der Waals surface area (Å²) in [4.78, 5) is 11.9. The van der Waals surface area contributed by atoms with E-state index in [1.165, 1.54) is 0 Å². The summed E-state index contributed by atoms with van der Waals surface area (Å²) >= 11 is 0. The van der Waals surface area contributed by atoms with Crippen molar-refractivity contribution >= 4 is 0 Å². The van der Waals surface area contributed by atoms with E-state index >= 15 is 0 Å². The zero-order chi connectivity index (χ0) is 10.6. The van der Waals surface area contributed by atoms with Crippen LogP contribution in [0, 0.1) is 0 Å². The van der Waals surface area contributed by atoms with Gasteiger partial charge in [-0.2, -0.15) is 0 Å². The summed E-state index contributed by atoms with van der Waals surface area (Å²) in [5, 5.41) is 3.19. The second kappa shape index (κ2) is 5.03. The number of nitrogens with one attached hydrogen (secondary N) is 1. The maximum absolute atomic E-state index is 11.9. The van der Waals surface area contributed by atoms with Crippen LogP contribution in [0.4, 0.5) is 0 Å². The molecule has 0 bridgehead atoms. The number of aromatic amines is 1. The third kappa shape index (κ3) is 2.08. The molecule has 0 spiro atoms. The Morgan fingerprint density at radius 3 is 2.43 bits per heavy atom. The molecule has 1 N–H and O–H groups in total. The Kier molecular flexibility index (Phi) is 3.98. The first-order valence-electron chi connectivity index (χ1n) is 5.55. The fraction of sp³-hybridized carbons (Fsp3) is 0.727. The van der Waals surface area contributed by atoms with E-state index in [0.717, 1.165) is 43.5 Å². The van der Waals surface area contributed by atoms with Gasteiger partial charge in [-0.25, -0.2) is 0 Å². The second-order valence-electron chi connectivity index (χ2n) is 3.63. The standard InChI is InChI=1S/C11H20N2O/c1-4-7-9-10(6-3)12-13(8-5-2)11(9)14/h12H,4-8H2,1-3H3. The van der Waals surface area contributed by atoms with E-state index in [1.807, 2.05) is 0 Å². The SMILES string of the molecule is CCCc1c(CC)[nH]n(CCC)c1=O. The van der Waals surface area contributed by atoms with E-state index in [0.29, 0.717) is 0 Å². The Morgan fingerprint density at radius 2 is 1.93 bits per heavy atom. The first-order valence-corrected chi connectivity index (χ1v) is 5.55. The molecular formula is C11H20N2O. The number of hydrogen-bond acceptors (Lipinski definition) is 1. The Bertz CT molecular complexity index is 336. The molecule has 0 aliphatic heterocycles. The molecule has 0 amide bonds. The molecule has 0 aliphatic carbocycles. The molecule has 14 heavy (non-hydrogen) atoms. The molecule has 0 saturated carbocycles. The molecule has 0 radical (unpaired) electrons. The van der Waals surface area contributed by atoms with Crippen LogP contribution >= 0.6 is 0 Å².